The highest BCUT2D eigenvalue weighted by Crippen LogP contribution is 1.91. The van der Waals surface area contributed by atoms with E-state index in [1.807, 2.05) is 0 Å². The molecule has 0 radical (unpaired) electrons. The molecule has 0 atom stereocenters. The average Bonchev–Trinajstić information content (AvgIpc) is 2.11. The highest BCUT2D eigenvalue weighted by molar-refractivity contribution is 7.85. The molecule has 0 amide bonds. The van der Waals surface area contributed by atoms with Gasteiger partial charge in [0, 0.05) is 6.54 Å². The van der Waals surface area contributed by atoms with Gasteiger partial charge in [0.1, 0.15) is 0 Å². The summed E-state index contributed by atoms with van der Waals surface area (Å²) in [6, 6.07) is 0. The van der Waals surface area contributed by atoms with Gasteiger partial charge < -0.3 is 14.4 Å². The van der Waals surface area contributed by atoms with Crippen molar-refractivity contribution in [2.75, 3.05) is 12.3 Å². The number of nitrogens with one attached hydrogen (secondary N) is 1. The number of rotatable bonds is 7. The first-order valence-corrected chi connectivity index (χ1v) is 5.09. The molecule has 0 aromatic heterocycles. The van der Waals surface area contributed by atoms with Crippen LogP contribution in [0.3, 0.4) is 0 Å². The number of hydrogen-bond acceptors (Lipinski definition) is 6. The molecule has 2 N–H and O–H groups in total. The third kappa shape index (κ3) is 4.21. The summed E-state index contributed by atoms with van der Waals surface area (Å²) in [5.41, 5.74) is -2.02. The van der Waals surface area contributed by atoms with E-state index in [-0.39, 0.29) is 25.4 Å². The van der Waals surface area contributed by atoms with E-state index in [1.54, 1.807) is 0 Å². The summed E-state index contributed by atoms with van der Waals surface area (Å²) in [4.78, 5) is 30.9. The molecule has 8 heteroatoms. The standard InChI is InChI=1S/C6H9NO6S/c8-3-6(4-9,5-10)7-1-2-14(11,12)13/h3-5,7H,1-2H2,(H,11,12,13). The first kappa shape index (κ1) is 12.9. The Balaban J connectivity index is 4.28. The number of carbonyl (C=O) groups excluding carboxylic acids is 3. The topological polar surface area (TPSA) is 118 Å². The van der Waals surface area contributed by atoms with Gasteiger partial charge in [0.25, 0.3) is 10.1 Å². The van der Waals surface area contributed by atoms with E-state index in [0.717, 1.165) is 0 Å². The maximum atomic E-state index is 10.3. The molecular weight excluding hydrogens is 214 g/mol. The molecule has 0 aromatic rings. The van der Waals surface area contributed by atoms with Gasteiger partial charge in [-0.1, -0.05) is 0 Å². The predicted molar refractivity (Wildman–Crippen MR) is 45.3 cm³/mol. The van der Waals surface area contributed by atoms with Gasteiger partial charge in [-0.15, -0.1) is 0 Å². The van der Waals surface area contributed by atoms with Gasteiger partial charge in [0.2, 0.25) is 0 Å². The Hall–Kier alpha value is -1.12. The fourth-order valence-electron chi connectivity index (χ4n) is 0.605. The number of hydrogen-bond donors (Lipinski definition) is 2. The summed E-state index contributed by atoms with van der Waals surface area (Å²) in [6.45, 7) is -0.380. The van der Waals surface area contributed by atoms with Crippen molar-refractivity contribution in [2.24, 2.45) is 0 Å². The maximum Gasteiger partial charge on any atom is 0.266 e. The lowest BCUT2D eigenvalue weighted by atomic mass is 10.1. The van der Waals surface area contributed by atoms with E-state index in [2.05, 4.69) is 5.32 Å². The molecule has 0 heterocycles. The van der Waals surface area contributed by atoms with Crippen molar-refractivity contribution >= 4 is 29.0 Å². The Kier molecular flexibility index (Phi) is 4.54. The minimum atomic E-state index is -4.18. The van der Waals surface area contributed by atoms with Crippen LogP contribution in [0.4, 0.5) is 0 Å². The van der Waals surface area contributed by atoms with E-state index in [4.69, 9.17) is 4.55 Å². The SMILES string of the molecule is O=CC(C=O)(C=O)NCCS(=O)(=O)O. The lowest BCUT2D eigenvalue weighted by Crippen LogP contribution is -2.51. The molecule has 0 fully saturated rings. The number of carbonyl (C=O) groups is 3. The lowest BCUT2D eigenvalue weighted by molar-refractivity contribution is -0.128. The van der Waals surface area contributed by atoms with Crippen LogP contribution in [0.2, 0.25) is 0 Å². The summed E-state index contributed by atoms with van der Waals surface area (Å²) in [5, 5.41) is 2.10. The second-order valence-corrected chi connectivity index (χ2v) is 4.07. The predicted octanol–water partition coefficient (Wildman–Crippen LogP) is -2.20. The Bertz CT molecular complexity index is 299. The van der Waals surface area contributed by atoms with Crippen molar-refractivity contribution in [3.63, 3.8) is 0 Å². The minimum Gasteiger partial charge on any atom is -0.300 e. The van der Waals surface area contributed by atoms with E-state index >= 15 is 0 Å². The first-order valence-electron chi connectivity index (χ1n) is 3.48. The second-order valence-electron chi connectivity index (χ2n) is 2.50. The van der Waals surface area contributed by atoms with Gasteiger partial charge >= 0.3 is 0 Å². The van der Waals surface area contributed by atoms with Crippen LogP contribution in [0.1, 0.15) is 0 Å². The van der Waals surface area contributed by atoms with Crippen molar-refractivity contribution in [3.8, 4) is 0 Å². The Labute approximate surface area is 80.2 Å². The molecular formula is C6H9NO6S. The van der Waals surface area contributed by atoms with Crippen molar-refractivity contribution in [1.29, 1.82) is 0 Å². The van der Waals surface area contributed by atoms with Crippen LogP contribution < -0.4 is 5.32 Å². The summed E-state index contributed by atoms with van der Waals surface area (Å²) in [7, 11) is -4.18. The van der Waals surface area contributed by atoms with Gasteiger partial charge in [-0.2, -0.15) is 8.42 Å². The van der Waals surface area contributed by atoms with Crippen LogP contribution in [-0.4, -0.2) is 49.7 Å². The van der Waals surface area contributed by atoms with Gasteiger partial charge in [0.05, 0.1) is 5.75 Å². The molecule has 0 rings (SSSR count). The zero-order valence-corrected chi connectivity index (χ0v) is 7.86. The van der Waals surface area contributed by atoms with E-state index in [0.29, 0.717) is 0 Å². The molecule has 0 spiro atoms. The third-order valence-corrected chi connectivity index (χ3v) is 2.10. The van der Waals surface area contributed by atoms with Gasteiger partial charge in [0.15, 0.2) is 24.4 Å². The fourth-order valence-corrected chi connectivity index (χ4v) is 0.965. The first-order chi connectivity index (χ1) is 6.39. The molecule has 7 nitrogen and oxygen atoms in total. The van der Waals surface area contributed by atoms with Crippen molar-refractivity contribution in [2.45, 2.75) is 5.54 Å². The highest BCUT2D eigenvalue weighted by Gasteiger charge is 2.28. The summed E-state index contributed by atoms with van der Waals surface area (Å²) >= 11 is 0. The van der Waals surface area contributed by atoms with E-state index in [9.17, 15) is 22.8 Å². The molecule has 0 aliphatic heterocycles. The van der Waals surface area contributed by atoms with E-state index < -0.39 is 21.4 Å². The van der Waals surface area contributed by atoms with Crippen LogP contribution in [0.25, 0.3) is 0 Å². The Morgan fingerprint density at radius 1 is 1.14 bits per heavy atom. The summed E-state index contributed by atoms with van der Waals surface area (Å²) < 4.78 is 28.8. The Morgan fingerprint density at radius 3 is 1.86 bits per heavy atom. The molecule has 14 heavy (non-hydrogen) atoms. The third-order valence-electron chi connectivity index (χ3n) is 1.38. The molecule has 0 aromatic carbocycles. The quantitative estimate of drug-likeness (QED) is 0.285. The molecule has 0 aliphatic rings. The molecule has 0 saturated carbocycles. The van der Waals surface area contributed by atoms with Crippen LogP contribution in [-0.2, 0) is 24.5 Å². The second kappa shape index (κ2) is 4.94. The summed E-state index contributed by atoms with van der Waals surface area (Å²) in [6.07, 6.45) is 0.158. The summed E-state index contributed by atoms with van der Waals surface area (Å²) in [5.74, 6) is -0.690. The zero-order valence-electron chi connectivity index (χ0n) is 7.04. The van der Waals surface area contributed by atoms with Crippen LogP contribution >= 0.6 is 0 Å². The maximum absolute atomic E-state index is 10.3. The zero-order chi connectivity index (χ0) is 11.2. The fraction of sp³-hybridized carbons (Fsp3) is 0.500. The van der Waals surface area contributed by atoms with Crippen LogP contribution in [0.5, 0.6) is 0 Å². The monoisotopic (exact) mass is 223 g/mol. The van der Waals surface area contributed by atoms with Crippen molar-refractivity contribution < 1.29 is 27.4 Å². The molecule has 80 valence electrons. The minimum absolute atomic E-state index is 0.0526. The molecule has 0 unspecified atom stereocenters. The normalized spacial score (nSPS) is 12.1. The van der Waals surface area contributed by atoms with Gasteiger partial charge in [-0.25, -0.2) is 0 Å². The number of aldehydes is 3. The largest absolute Gasteiger partial charge is 0.300 e. The average molecular weight is 223 g/mol. The van der Waals surface area contributed by atoms with Crippen LogP contribution in [0.15, 0.2) is 0 Å². The van der Waals surface area contributed by atoms with Gasteiger partial charge in [-0.05, 0) is 0 Å². The van der Waals surface area contributed by atoms with Crippen molar-refractivity contribution in [3.05, 3.63) is 0 Å². The van der Waals surface area contributed by atoms with E-state index in [1.165, 1.54) is 0 Å². The molecule has 0 bridgehead atoms. The highest BCUT2D eigenvalue weighted by atomic mass is 32.2. The lowest BCUT2D eigenvalue weighted by Gasteiger charge is -2.14. The molecule has 0 saturated heterocycles. The van der Waals surface area contributed by atoms with Crippen molar-refractivity contribution in [1.82, 2.24) is 5.32 Å². The Morgan fingerprint density at radius 2 is 1.57 bits per heavy atom. The van der Waals surface area contributed by atoms with Gasteiger partial charge in [-0.3, -0.25) is 9.87 Å². The smallest absolute Gasteiger partial charge is 0.266 e. The van der Waals surface area contributed by atoms with Crippen LogP contribution in [0, 0.1) is 0 Å². The molecule has 0 aliphatic carbocycles.